The van der Waals surface area contributed by atoms with Crippen molar-refractivity contribution in [2.75, 3.05) is 0 Å². The van der Waals surface area contributed by atoms with Gasteiger partial charge in [0, 0.05) is 23.4 Å². The molecule has 0 amide bonds. The van der Waals surface area contributed by atoms with Crippen molar-refractivity contribution < 1.29 is 18.3 Å². The smallest absolute Gasteiger partial charge is 0.141 e. The quantitative estimate of drug-likeness (QED) is 0.873. The largest absolute Gasteiger partial charge is 0.383 e. The number of benzene rings is 1. The predicted molar refractivity (Wildman–Crippen MR) is 54.6 cm³/mol. The van der Waals surface area contributed by atoms with Crippen molar-refractivity contribution >= 4 is 0 Å². The van der Waals surface area contributed by atoms with Crippen molar-refractivity contribution in [3.8, 4) is 0 Å². The predicted octanol–water partition coefficient (Wildman–Crippen LogP) is 2.58. The van der Waals surface area contributed by atoms with E-state index in [1.54, 1.807) is 0 Å². The standard InChI is InChI=1S/C12H8F3NO/c13-8-1-2-10(11(15)4-8)12(17)7-3-9(14)6-16-5-7/h1-6,12,17H. The lowest BCUT2D eigenvalue weighted by Gasteiger charge is -2.11. The monoisotopic (exact) mass is 239 g/mol. The first-order valence-electron chi connectivity index (χ1n) is 4.81. The van der Waals surface area contributed by atoms with Crippen LogP contribution in [0.5, 0.6) is 0 Å². The second kappa shape index (κ2) is 4.55. The third kappa shape index (κ3) is 2.45. The van der Waals surface area contributed by atoms with Gasteiger partial charge in [0.2, 0.25) is 0 Å². The highest BCUT2D eigenvalue weighted by Crippen LogP contribution is 2.24. The average molecular weight is 239 g/mol. The molecule has 1 unspecified atom stereocenters. The Morgan fingerprint density at radius 2 is 1.76 bits per heavy atom. The van der Waals surface area contributed by atoms with E-state index >= 15 is 0 Å². The van der Waals surface area contributed by atoms with E-state index in [0.29, 0.717) is 6.07 Å². The lowest BCUT2D eigenvalue weighted by molar-refractivity contribution is 0.213. The van der Waals surface area contributed by atoms with E-state index < -0.39 is 23.6 Å². The molecule has 0 aliphatic rings. The fourth-order valence-electron chi connectivity index (χ4n) is 1.48. The number of aromatic nitrogens is 1. The molecule has 2 nitrogen and oxygen atoms in total. The maximum atomic E-state index is 13.4. The van der Waals surface area contributed by atoms with Crippen LogP contribution in [-0.4, -0.2) is 10.1 Å². The minimum absolute atomic E-state index is 0.107. The molecule has 0 saturated carbocycles. The molecule has 0 radical (unpaired) electrons. The molecule has 0 fully saturated rings. The number of pyridine rings is 1. The maximum Gasteiger partial charge on any atom is 0.141 e. The Balaban J connectivity index is 2.40. The second-order valence-electron chi connectivity index (χ2n) is 3.50. The van der Waals surface area contributed by atoms with Crippen LogP contribution in [-0.2, 0) is 0 Å². The van der Waals surface area contributed by atoms with Crippen molar-refractivity contribution in [1.82, 2.24) is 4.98 Å². The van der Waals surface area contributed by atoms with Crippen LogP contribution >= 0.6 is 0 Å². The molecule has 2 aromatic rings. The van der Waals surface area contributed by atoms with Crippen molar-refractivity contribution in [2.45, 2.75) is 6.10 Å². The molecule has 0 aliphatic carbocycles. The van der Waals surface area contributed by atoms with Gasteiger partial charge in [-0.15, -0.1) is 0 Å². The van der Waals surface area contributed by atoms with Gasteiger partial charge in [-0.25, -0.2) is 13.2 Å². The lowest BCUT2D eigenvalue weighted by Crippen LogP contribution is -2.04. The molecule has 1 aromatic carbocycles. The maximum absolute atomic E-state index is 13.4. The van der Waals surface area contributed by atoms with Gasteiger partial charge < -0.3 is 5.11 Å². The van der Waals surface area contributed by atoms with E-state index in [4.69, 9.17) is 0 Å². The van der Waals surface area contributed by atoms with Gasteiger partial charge in [-0.1, -0.05) is 6.07 Å². The van der Waals surface area contributed by atoms with Gasteiger partial charge in [0.25, 0.3) is 0 Å². The SMILES string of the molecule is OC(c1cncc(F)c1)c1ccc(F)cc1F. The average Bonchev–Trinajstić information content (AvgIpc) is 2.28. The van der Waals surface area contributed by atoms with E-state index in [2.05, 4.69) is 4.98 Å². The van der Waals surface area contributed by atoms with Crippen LogP contribution in [0.4, 0.5) is 13.2 Å². The molecule has 0 aliphatic heterocycles. The minimum atomic E-state index is -1.38. The molecular formula is C12H8F3NO. The van der Waals surface area contributed by atoms with Gasteiger partial charge >= 0.3 is 0 Å². The molecule has 1 heterocycles. The number of nitrogens with zero attached hydrogens (tertiary/aromatic N) is 1. The molecule has 0 saturated heterocycles. The number of hydrogen-bond donors (Lipinski definition) is 1. The first-order valence-corrected chi connectivity index (χ1v) is 4.81. The lowest BCUT2D eigenvalue weighted by atomic mass is 10.0. The van der Waals surface area contributed by atoms with Gasteiger partial charge in [-0.2, -0.15) is 0 Å². The van der Waals surface area contributed by atoms with E-state index in [1.807, 2.05) is 0 Å². The Morgan fingerprint density at radius 3 is 2.41 bits per heavy atom. The Kier molecular flexibility index (Phi) is 3.10. The number of rotatable bonds is 2. The van der Waals surface area contributed by atoms with Crippen molar-refractivity contribution in [1.29, 1.82) is 0 Å². The summed E-state index contributed by atoms with van der Waals surface area (Å²) in [5, 5.41) is 9.82. The molecule has 88 valence electrons. The van der Waals surface area contributed by atoms with Crippen LogP contribution in [0.15, 0.2) is 36.7 Å². The normalized spacial score (nSPS) is 12.5. The number of aliphatic hydroxyl groups excluding tert-OH is 1. The minimum Gasteiger partial charge on any atom is -0.383 e. The molecule has 1 N–H and O–H groups in total. The Morgan fingerprint density at radius 1 is 1.00 bits per heavy atom. The summed E-state index contributed by atoms with van der Waals surface area (Å²) in [4.78, 5) is 3.55. The Hall–Kier alpha value is -1.88. The molecule has 2 rings (SSSR count). The topological polar surface area (TPSA) is 33.1 Å². The highest BCUT2D eigenvalue weighted by molar-refractivity contribution is 5.29. The zero-order valence-corrected chi connectivity index (χ0v) is 8.57. The summed E-state index contributed by atoms with van der Waals surface area (Å²) in [7, 11) is 0. The highest BCUT2D eigenvalue weighted by Gasteiger charge is 2.16. The first kappa shape index (κ1) is 11.6. The molecule has 5 heteroatoms. The fourth-order valence-corrected chi connectivity index (χ4v) is 1.48. The molecule has 17 heavy (non-hydrogen) atoms. The van der Waals surface area contributed by atoms with Crippen LogP contribution in [0.3, 0.4) is 0 Å². The summed E-state index contributed by atoms with van der Waals surface area (Å²) in [5.41, 5.74) is -0.0192. The second-order valence-corrected chi connectivity index (χ2v) is 3.50. The van der Waals surface area contributed by atoms with Crippen LogP contribution in [0.25, 0.3) is 0 Å². The number of hydrogen-bond acceptors (Lipinski definition) is 2. The van der Waals surface area contributed by atoms with Gasteiger partial charge in [-0.3, -0.25) is 4.98 Å². The van der Waals surface area contributed by atoms with Crippen LogP contribution in [0.1, 0.15) is 17.2 Å². The zero-order valence-electron chi connectivity index (χ0n) is 8.57. The van der Waals surface area contributed by atoms with E-state index in [9.17, 15) is 18.3 Å². The van der Waals surface area contributed by atoms with Gasteiger partial charge in [0.1, 0.15) is 23.6 Å². The fraction of sp³-hybridized carbons (Fsp3) is 0.0833. The molecule has 1 atom stereocenters. The Labute approximate surface area is 95.4 Å². The number of halogens is 3. The first-order chi connectivity index (χ1) is 8.08. The van der Waals surface area contributed by atoms with Gasteiger partial charge in [-0.05, 0) is 12.1 Å². The summed E-state index contributed by atoms with van der Waals surface area (Å²) in [5.74, 6) is -2.26. The van der Waals surface area contributed by atoms with Crippen LogP contribution < -0.4 is 0 Å². The van der Waals surface area contributed by atoms with Gasteiger partial charge in [0.15, 0.2) is 0 Å². The van der Waals surface area contributed by atoms with Crippen LogP contribution in [0, 0.1) is 17.5 Å². The number of aliphatic hydroxyl groups is 1. The Bertz CT molecular complexity index is 545. The van der Waals surface area contributed by atoms with E-state index in [-0.39, 0.29) is 11.1 Å². The van der Waals surface area contributed by atoms with Crippen molar-refractivity contribution in [2.24, 2.45) is 0 Å². The molecule has 0 spiro atoms. The van der Waals surface area contributed by atoms with Gasteiger partial charge in [0.05, 0.1) is 6.20 Å². The van der Waals surface area contributed by atoms with Crippen molar-refractivity contribution in [3.63, 3.8) is 0 Å². The van der Waals surface area contributed by atoms with E-state index in [1.165, 1.54) is 6.20 Å². The molecular weight excluding hydrogens is 231 g/mol. The zero-order chi connectivity index (χ0) is 12.4. The summed E-state index contributed by atoms with van der Waals surface area (Å²) >= 11 is 0. The van der Waals surface area contributed by atoms with E-state index in [0.717, 1.165) is 24.4 Å². The van der Waals surface area contributed by atoms with Crippen molar-refractivity contribution in [3.05, 3.63) is 65.2 Å². The third-order valence-electron chi connectivity index (χ3n) is 2.30. The van der Waals surface area contributed by atoms with Crippen LogP contribution in [0.2, 0.25) is 0 Å². The summed E-state index contributed by atoms with van der Waals surface area (Å²) < 4.78 is 38.9. The highest BCUT2D eigenvalue weighted by atomic mass is 19.1. The summed E-state index contributed by atoms with van der Waals surface area (Å²) in [6.07, 6.45) is 0.812. The third-order valence-corrected chi connectivity index (χ3v) is 2.30. The summed E-state index contributed by atoms with van der Waals surface area (Å²) in [6.45, 7) is 0. The summed E-state index contributed by atoms with van der Waals surface area (Å²) in [6, 6.07) is 3.83. The molecule has 0 bridgehead atoms. The molecule has 1 aromatic heterocycles.